The Kier molecular flexibility index (Phi) is 8.94. The molecule has 5 heterocycles. The second-order valence-corrected chi connectivity index (χ2v) is 14.9. The van der Waals surface area contributed by atoms with Gasteiger partial charge < -0.3 is 25.4 Å². The third-order valence-corrected chi connectivity index (χ3v) is 11.6. The molecule has 8 rings (SSSR count). The number of carbonyl (C=O) groups is 1. The number of halogens is 1. The summed E-state index contributed by atoms with van der Waals surface area (Å²) in [5, 5.41) is 16.7. The number of rotatable bonds is 8. The summed E-state index contributed by atoms with van der Waals surface area (Å²) in [4.78, 5) is 56.6. The molecule has 2 fully saturated rings. The molecular formula is C39H42ClN9O5. The van der Waals surface area contributed by atoms with Crippen LogP contribution in [0.4, 0.5) is 16.3 Å². The fourth-order valence-electron chi connectivity index (χ4n) is 8.51. The monoisotopic (exact) mass is 751 g/mol. The van der Waals surface area contributed by atoms with Crippen molar-refractivity contribution in [2.24, 2.45) is 14.1 Å². The van der Waals surface area contributed by atoms with Crippen molar-refractivity contribution < 1.29 is 14.6 Å². The second kappa shape index (κ2) is 13.5. The first kappa shape index (κ1) is 35.7. The van der Waals surface area contributed by atoms with Crippen molar-refractivity contribution in [1.82, 2.24) is 39.2 Å². The molecular weight excluding hydrogens is 710 g/mol. The highest BCUT2D eigenvalue weighted by Gasteiger charge is 2.49. The molecule has 2 aromatic carbocycles. The van der Waals surface area contributed by atoms with E-state index in [4.69, 9.17) is 21.3 Å². The van der Waals surface area contributed by atoms with Gasteiger partial charge in [0.2, 0.25) is 5.88 Å². The maximum atomic E-state index is 13.3. The third-order valence-electron chi connectivity index (χ3n) is 11.2. The normalized spacial score (nSPS) is 19.6. The maximum Gasteiger partial charge on any atom is 0.332 e. The molecule has 54 heavy (non-hydrogen) atoms. The first-order valence-corrected chi connectivity index (χ1v) is 18.4. The van der Waals surface area contributed by atoms with Gasteiger partial charge in [0.05, 0.1) is 30.0 Å². The number of ether oxygens (including phenoxy) is 1. The minimum Gasteiger partial charge on any atom is -0.481 e. The highest BCUT2D eigenvalue weighted by molar-refractivity contribution is 6.36. The zero-order chi connectivity index (χ0) is 38.1. The average Bonchev–Trinajstić information content (AvgIpc) is 3.86. The van der Waals surface area contributed by atoms with Crippen LogP contribution in [0.2, 0.25) is 5.02 Å². The predicted molar refractivity (Wildman–Crippen MR) is 207 cm³/mol. The molecule has 1 spiro atoms. The number of β-amino-alcohol motifs (C(OH)–C–C–N with tert-alkyl or cyclic N) is 1. The lowest BCUT2D eigenvalue weighted by Gasteiger charge is -2.28. The van der Waals surface area contributed by atoms with E-state index in [1.54, 1.807) is 26.0 Å². The Morgan fingerprint density at radius 2 is 1.78 bits per heavy atom. The van der Waals surface area contributed by atoms with E-state index in [9.17, 15) is 19.5 Å². The molecule has 0 radical (unpaired) electrons. The van der Waals surface area contributed by atoms with E-state index in [0.29, 0.717) is 35.6 Å². The fraction of sp³-hybridized carbons (Fsp3) is 0.385. The first-order valence-electron chi connectivity index (χ1n) is 18.0. The van der Waals surface area contributed by atoms with Gasteiger partial charge in [0, 0.05) is 68.7 Å². The maximum absolute atomic E-state index is 13.3. The molecule has 2 saturated heterocycles. The number of carbonyl (C=O) groups excluding carboxylic acids is 1. The number of aliphatic hydroxyl groups excluding tert-OH is 1. The number of hydrogen-bond donors (Lipinski definition) is 3. The fourth-order valence-corrected chi connectivity index (χ4v) is 8.84. The molecule has 0 saturated carbocycles. The Hall–Kier alpha value is -5.31. The van der Waals surface area contributed by atoms with Crippen LogP contribution < -0.4 is 26.6 Å². The smallest absolute Gasteiger partial charge is 0.332 e. The summed E-state index contributed by atoms with van der Waals surface area (Å²) >= 11 is 7.27. The Bertz CT molecular complexity index is 2480. The van der Waals surface area contributed by atoms with Gasteiger partial charge in [-0.15, -0.1) is 0 Å². The van der Waals surface area contributed by atoms with E-state index in [1.165, 1.54) is 17.2 Å². The van der Waals surface area contributed by atoms with Crippen LogP contribution in [-0.2, 0) is 20.5 Å². The Labute approximate surface area is 316 Å². The number of pyridine rings is 1. The minimum absolute atomic E-state index is 0.0554. The molecule has 5 aromatic rings. The van der Waals surface area contributed by atoms with Gasteiger partial charge in [0.25, 0.3) is 5.56 Å². The third kappa shape index (κ3) is 5.79. The zero-order valence-electron chi connectivity index (χ0n) is 30.9. The van der Waals surface area contributed by atoms with Crippen molar-refractivity contribution in [3.05, 3.63) is 90.8 Å². The van der Waals surface area contributed by atoms with Gasteiger partial charge in [-0.3, -0.25) is 18.8 Å². The molecule has 3 N–H and O–H groups in total. The van der Waals surface area contributed by atoms with Gasteiger partial charge >= 0.3 is 11.7 Å². The van der Waals surface area contributed by atoms with E-state index in [0.717, 1.165) is 76.1 Å². The largest absolute Gasteiger partial charge is 0.481 e. The summed E-state index contributed by atoms with van der Waals surface area (Å²) in [6, 6.07) is 13.8. The van der Waals surface area contributed by atoms with Crippen molar-refractivity contribution in [2.75, 3.05) is 45.2 Å². The molecule has 15 heteroatoms. The highest BCUT2D eigenvalue weighted by Crippen LogP contribution is 2.46. The van der Waals surface area contributed by atoms with Crippen LogP contribution >= 0.6 is 11.6 Å². The molecule has 280 valence electrons. The number of aromatic nitrogens is 5. The van der Waals surface area contributed by atoms with Gasteiger partial charge in [-0.05, 0) is 61.9 Å². The topological polar surface area (TPSA) is 160 Å². The Morgan fingerprint density at radius 1 is 1.02 bits per heavy atom. The lowest BCUT2D eigenvalue weighted by Crippen LogP contribution is -2.46. The van der Waals surface area contributed by atoms with Crippen LogP contribution in [0, 0.1) is 13.8 Å². The number of nitrogens with zero attached hydrogens (tertiary/aromatic N) is 7. The summed E-state index contributed by atoms with van der Waals surface area (Å²) in [5.41, 5.74) is 6.01. The number of fused-ring (bicyclic) bond motifs is 2. The number of likely N-dealkylation sites (tertiary alicyclic amines) is 1. The number of urea groups is 1. The van der Waals surface area contributed by atoms with Crippen molar-refractivity contribution in [1.29, 1.82) is 0 Å². The van der Waals surface area contributed by atoms with Crippen LogP contribution in [0.5, 0.6) is 5.88 Å². The minimum atomic E-state index is -0.485. The molecule has 3 aromatic heterocycles. The van der Waals surface area contributed by atoms with E-state index < -0.39 is 11.2 Å². The van der Waals surface area contributed by atoms with Gasteiger partial charge in [-0.2, -0.15) is 0 Å². The molecule has 2 aliphatic heterocycles. The molecule has 0 unspecified atom stereocenters. The van der Waals surface area contributed by atoms with Gasteiger partial charge in [0.1, 0.15) is 17.0 Å². The van der Waals surface area contributed by atoms with Crippen LogP contribution in [0.15, 0.2) is 52.1 Å². The number of nitrogens with one attached hydrogen (secondary N) is 2. The van der Waals surface area contributed by atoms with Crippen LogP contribution in [-0.4, -0.2) is 90.5 Å². The molecule has 1 aliphatic carbocycles. The van der Waals surface area contributed by atoms with E-state index in [-0.39, 0.29) is 35.3 Å². The number of aliphatic hydroxyl groups is 1. The number of anilines is 2. The highest BCUT2D eigenvalue weighted by atomic mass is 35.5. The number of aryl methyl sites for hydroxylation is 3. The zero-order valence-corrected chi connectivity index (χ0v) is 31.6. The van der Waals surface area contributed by atoms with E-state index in [2.05, 4.69) is 31.6 Å². The van der Waals surface area contributed by atoms with Gasteiger partial charge in [-0.25, -0.2) is 24.5 Å². The predicted octanol–water partition coefficient (Wildman–Crippen LogP) is 4.23. The SMILES string of the molecule is COc1nc(-c2cccc(-c3cccc(Nc4nc(C)nc5c4c(=O)n(C)c(=O)n5C)c3C)c2Cl)cc2c1[C@H](N1CC[C@]3(CN(CCO)C(=O)N3)C1)CC2. The van der Waals surface area contributed by atoms with Crippen molar-refractivity contribution in [2.45, 2.75) is 44.7 Å². The standard InChI is InChI=1S/C39H42ClN9O5/c1-21-24(8-7-11-27(21)43-33-31-34(42-22(2)41-33)46(3)38(53)47(4)36(31)51)25-9-6-10-26(32(25)40)28-18-23-12-13-29(30(23)35(44-28)54-5)48-15-14-39(19-48)20-49(16-17-50)37(52)45-39/h6-11,18,29,50H,12-17,19-20H2,1-5H3,(H,45,52)(H,41,42,43)/t29-,39-/m1/s1. The first-order chi connectivity index (χ1) is 25.9. The molecule has 14 nitrogen and oxygen atoms in total. The van der Waals surface area contributed by atoms with Crippen LogP contribution in [0.25, 0.3) is 33.4 Å². The Morgan fingerprint density at radius 3 is 2.56 bits per heavy atom. The molecule has 0 bridgehead atoms. The quantitative estimate of drug-likeness (QED) is 0.210. The molecule has 3 aliphatic rings. The lowest BCUT2D eigenvalue weighted by molar-refractivity contribution is 0.193. The summed E-state index contributed by atoms with van der Waals surface area (Å²) in [6.07, 6.45) is 2.61. The summed E-state index contributed by atoms with van der Waals surface area (Å²) < 4.78 is 8.36. The summed E-state index contributed by atoms with van der Waals surface area (Å²) in [7, 11) is 4.67. The molecule has 2 amide bonds. The van der Waals surface area contributed by atoms with E-state index >= 15 is 0 Å². The number of hydrogen-bond acceptors (Lipinski definition) is 10. The Balaban J connectivity index is 1.11. The van der Waals surface area contributed by atoms with Crippen LogP contribution in [0.3, 0.4) is 0 Å². The van der Waals surface area contributed by atoms with Crippen molar-refractivity contribution in [3.63, 3.8) is 0 Å². The average molecular weight is 752 g/mol. The number of amides is 2. The second-order valence-electron chi connectivity index (χ2n) is 14.5. The molecule has 2 atom stereocenters. The summed E-state index contributed by atoms with van der Waals surface area (Å²) in [6.45, 7) is 6.12. The van der Waals surface area contributed by atoms with Gasteiger partial charge in [-0.1, -0.05) is 41.9 Å². The van der Waals surface area contributed by atoms with Crippen molar-refractivity contribution in [3.8, 4) is 28.3 Å². The van der Waals surface area contributed by atoms with Gasteiger partial charge in [0.15, 0.2) is 5.65 Å². The summed E-state index contributed by atoms with van der Waals surface area (Å²) in [5.74, 6) is 1.30. The lowest BCUT2D eigenvalue weighted by atomic mass is 9.96. The van der Waals surface area contributed by atoms with Crippen molar-refractivity contribution >= 4 is 40.2 Å². The number of methoxy groups -OCH3 is 1. The van der Waals surface area contributed by atoms with Crippen LogP contribution in [0.1, 0.15) is 41.4 Å². The number of benzene rings is 2. The van der Waals surface area contributed by atoms with E-state index in [1.807, 2.05) is 43.3 Å².